The summed E-state index contributed by atoms with van der Waals surface area (Å²) in [6, 6.07) is 6.70. The number of Topliss-reactive ketones (excluding diaryl/α,β-unsaturated/α-hetero) is 2. The molecule has 0 bridgehead atoms. The molecule has 1 aliphatic carbocycles. The van der Waals surface area contributed by atoms with Gasteiger partial charge in [0.25, 0.3) is 0 Å². The van der Waals surface area contributed by atoms with Crippen LogP contribution in [0.4, 0.5) is 0 Å². The lowest BCUT2D eigenvalue weighted by Gasteiger charge is -2.36. The van der Waals surface area contributed by atoms with E-state index in [1.165, 1.54) is 0 Å². The molecule has 0 saturated carbocycles. The molecule has 3 atom stereocenters. The molecule has 3 rings (SSSR count). The van der Waals surface area contributed by atoms with Crippen LogP contribution in [0.2, 0.25) is 0 Å². The zero-order valence-electron chi connectivity index (χ0n) is 10.7. The Morgan fingerprint density at radius 3 is 2.11 bits per heavy atom. The fraction of sp³-hybridized carbons (Fsp3) is 0.333. The van der Waals surface area contributed by atoms with E-state index in [0.717, 1.165) is 0 Å². The van der Waals surface area contributed by atoms with Crippen LogP contribution in [0, 0.1) is 0 Å². The van der Waals surface area contributed by atoms with Crippen LogP contribution in [0.5, 0.6) is 0 Å². The van der Waals surface area contributed by atoms with Gasteiger partial charge in [-0.15, -0.1) is 0 Å². The van der Waals surface area contributed by atoms with Crippen LogP contribution in [0.15, 0.2) is 35.4 Å². The second-order valence-electron chi connectivity index (χ2n) is 4.96. The van der Waals surface area contributed by atoms with E-state index in [4.69, 9.17) is 4.74 Å². The Balaban J connectivity index is 2.25. The number of hydrogen-bond donors (Lipinski definition) is 1. The van der Waals surface area contributed by atoms with E-state index < -0.39 is 18.3 Å². The summed E-state index contributed by atoms with van der Waals surface area (Å²) in [5.41, 5.74) is 1.26. The molecule has 1 aromatic rings. The van der Waals surface area contributed by atoms with Gasteiger partial charge in [-0.05, 0) is 13.8 Å². The molecule has 4 heteroatoms. The lowest BCUT2D eigenvalue weighted by molar-refractivity contribution is -0.0492. The summed E-state index contributed by atoms with van der Waals surface area (Å²) in [7, 11) is 0. The molecule has 2 aliphatic rings. The van der Waals surface area contributed by atoms with Crippen molar-refractivity contribution in [1.29, 1.82) is 0 Å². The molecule has 0 unspecified atom stereocenters. The minimum Gasteiger partial charge on any atom is -0.386 e. The van der Waals surface area contributed by atoms with Gasteiger partial charge in [-0.3, -0.25) is 9.59 Å². The molecule has 1 N–H and O–H groups in total. The molecular formula is C15H14O4. The monoisotopic (exact) mass is 258 g/mol. The number of aliphatic hydroxyl groups excluding tert-OH is 1. The maximum absolute atomic E-state index is 12.5. The van der Waals surface area contributed by atoms with Gasteiger partial charge in [0, 0.05) is 22.3 Å². The Hall–Kier alpha value is -1.78. The molecule has 0 aromatic heterocycles. The summed E-state index contributed by atoms with van der Waals surface area (Å²) in [5, 5.41) is 10.1. The third kappa shape index (κ3) is 1.60. The van der Waals surface area contributed by atoms with Crippen molar-refractivity contribution in [2.45, 2.75) is 32.2 Å². The summed E-state index contributed by atoms with van der Waals surface area (Å²) < 4.78 is 5.52. The van der Waals surface area contributed by atoms with Gasteiger partial charge in [0.1, 0.15) is 6.10 Å². The number of aliphatic hydroxyl groups is 1. The smallest absolute Gasteiger partial charge is 0.192 e. The van der Waals surface area contributed by atoms with Crippen LogP contribution < -0.4 is 0 Å². The number of benzene rings is 1. The first-order chi connectivity index (χ1) is 9.02. The first-order valence-corrected chi connectivity index (χ1v) is 6.28. The molecule has 98 valence electrons. The summed E-state index contributed by atoms with van der Waals surface area (Å²) in [4.78, 5) is 24.9. The minimum absolute atomic E-state index is 0.204. The van der Waals surface area contributed by atoms with Crippen LogP contribution in [0.1, 0.15) is 34.6 Å². The third-order valence-corrected chi connectivity index (χ3v) is 3.76. The van der Waals surface area contributed by atoms with Crippen molar-refractivity contribution < 1.29 is 19.4 Å². The van der Waals surface area contributed by atoms with Crippen molar-refractivity contribution in [1.82, 2.24) is 0 Å². The highest BCUT2D eigenvalue weighted by molar-refractivity contribution is 6.27. The summed E-state index contributed by atoms with van der Waals surface area (Å²) >= 11 is 0. The van der Waals surface area contributed by atoms with Crippen LogP contribution in [0.25, 0.3) is 0 Å². The average Bonchev–Trinajstić information content (AvgIpc) is 2.40. The van der Waals surface area contributed by atoms with Gasteiger partial charge < -0.3 is 9.84 Å². The predicted molar refractivity (Wildman–Crippen MR) is 68.1 cm³/mol. The zero-order valence-corrected chi connectivity index (χ0v) is 10.7. The van der Waals surface area contributed by atoms with E-state index in [-0.39, 0.29) is 17.1 Å². The second kappa shape index (κ2) is 4.11. The van der Waals surface area contributed by atoms with E-state index >= 15 is 0 Å². The molecule has 1 heterocycles. The van der Waals surface area contributed by atoms with Crippen LogP contribution in [-0.2, 0) is 4.74 Å². The first kappa shape index (κ1) is 12.3. The van der Waals surface area contributed by atoms with Gasteiger partial charge >= 0.3 is 0 Å². The molecule has 1 aliphatic heterocycles. The first-order valence-electron chi connectivity index (χ1n) is 6.28. The van der Waals surface area contributed by atoms with E-state index in [0.29, 0.717) is 16.7 Å². The molecule has 0 spiro atoms. The van der Waals surface area contributed by atoms with E-state index in [9.17, 15) is 14.7 Å². The fourth-order valence-electron chi connectivity index (χ4n) is 2.81. The molecule has 0 radical (unpaired) electrons. The molecule has 0 saturated heterocycles. The van der Waals surface area contributed by atoms with Crippen molar-refractivity contribution in [3.8, 4) is 0 Å². The fourth-order valence-corrected chi connectivity index (χ4v) is 2.81. The third-order valence-electron chi connectivity index (χ3n) is 3.76. The Morgan fingerprint density at radius 2 is 1.53 bits per heavy atom. The van der Waals surface area contributed by atoms with Gasteiger partial charge in [-0.2, -0.15) is 0 Å². The molecular weight excluding hydrogens is 244 g/mol. The van der Waals surface area contributed by atoms with E-state index in [2.05, 4.69) is 0 Å². The molecule has 1 aromatic carbocycles. The summed E-state index contributed by atoms with van der Waals surface area (Å²) in [6.45, 7) is 3.43. The van der Waals surface area contributed by atoms with E-state index in [1.54, 1.807) is 38.1 Å². The molecule has 19 heavy (non-hydrogen) atoms. The normalized spacial score (nSPS) is 30.2. The maximum Gasteiger partial charge on any atom is 0.192 e. The Kier molecular flexibility index (Phi) is 2.66. The van der Waals surface area contributed by atoms with Crippen molar-refractivity contribution in [2.75, 3.05) is 0 Å². The second-order valence-corrected chi connectivity index (χ2v) is 4.96. The van der Waals surface area contributed by atoms with Crippen molar-refractivity contribution in [3.05, 3.63) is 46.5 Å². The van der Waals surface area contributed by atoms with Crippen molar-refractivity contribution >= 4 is 11.6 Å². The zero-order chi connectivity index (χ0) is 13.7. The van der Waals surface area contributed by atoms with Gasteiger partial charge in [0.05, 0.1) is 12.2 Å². The maximum atomic E-state index is 12.5. The predicted octanol–water partition coefficient (Wildman–Crippen LogP) is 1.53. The lowest BCUT2D eigenvalue weighted by Crippen LogP contribution is -2.45. The highest BCUT2D eigenvalue weighted by Crippen LogP contribution is 2.35. The number of ketones is 2. The van der Waals surface area contributed by atoms with Crippen LogP contribution in [-0.4, -0.2) is 35.0 Å². The standard InChI is InChI=1S/C15H14O4/c1-7-11-12(13(16)8(2)19-7)15(18)10-6-4-3-5-9(10)14(11)17/h3-8,13,16H,1-2H3/t7-,8-,13+/m1/s1. The molecule has 0 amide bonds. The highest BCUT2D eigenvalue weighted by atomic mass is 16.5. The number of ether oxygens (including phenoxy) is 1. The van der Waals surface area contributed by atoms with Gasteiger partial charge in [0.15, 0.2) is 11.6 Å². The average molecular weight is 258 g/mol. The Morgan fingerprint density at radius 1 is 1.00 bits per heavy atom. The van der Waals surface area contributed by atoms with Crippen LogP contribution >= 0.6 is 0 Å². The number of carbonyl (C=O) groups is 2. The largest absolute Gasteiger partial charge is 0.386 e. The Labute approximate surface area is 110 Å². The van der Waals surface area contributed by atoms with Crippen molar-refractivity contribution in [2.24, 2.45) is 0 Å². The number of carbonyl (C=O) groups excluding carboxylic acids is 2. The Bertz CT molecular complexity index is 614. The quantitative estimate of drug-likeness (QED) is 0.766. The number of hydrogen-bond acceptors (Lipinski definition) is 4. The highest BCUT2D eigenvalue weighted by Gasteiger charge is 2.43. The van der Waals surface area contributed by atoms with Gasteiger partial charge in [-0.1, -0.05) is 24.3 Å². The lowest BCUT2D eigenvalue weighted by atomic mass is 9.77. The van der Waals surface area contributed by atoms with Gasteiger partial charge in [0.2, 0.25) is 0 Å². The minimum atomic E-state index is -1.05. The summed E-state index contributed by atoms with van der Waals surface area (Å²) in [6.07, 6.45) is -2.01. The number of rotatable bonds is 0. The molecule has 4 nitrogen and oxygen atoms in total. The SMILES string of the molecule is C[C@H]1O[C@H](C)[C@H](O)C2=C1C(=O)c1ccccc1C2=O. The van der Waals surface area contributed by atoms with Crippen LogP contribution in [0.3, 0.4) is 0 Å². The van der Waals surface area contributed by atoms with Crippen molar-refractivity contribution in [3.63, 3.8) is 0 Å². The summed E-state index contributed by atoms with van der Waals surface area (Å²) in [5.74, 6) is -0.483. The van der Waals surface area contributed by atoms with E-state index in [1.807, 2.05) is 0 Å². The molecule has 0 fully saturated rings. The topological polar surface area (TPSA) is 63.6 Å². The van der Waals surface area contributed by atoms with Gasteiger partial charge in [-0.25, -0.2) is 0 Å². The number of fused-ring (bicyclic) bond motifs is 1.